The van der Waals surface area contributed by atoms with Gasteiger partial charge in [-0.25, -0.2) is 10.2 Å². The molecule has 26 heavy (non-hydrogen) atoms. The Kier molecular flexibility index (Phi) is 6.88. The lowest BCUT2D eigenvalue weighted by Crippen LogP contribution is -2.40. The third-order valence-electron chi connectivity index (χ3n) is 4.31. The number of aromatic nitrogens is 1. The standard InChI is InChI=1S/C19H28FN5O/c1-14(15-9-16(20)12-22-11-15)8-17(24-21)23-18(26)10-19(2,3)13-25-6-4-5-7-25/h8-9,11-12,24H,1,4-7,10,13,21H2,2-3H3,(H,23,26)/b17-8-. The quantitative estimate of drug-likeness (QED) is 0.375. The van der Waals surface area contributed by atoms with Crippen LogP contribution in [0.2, 0.25) is 0 Å². The number of likely N-dealkylation sites (tertiary alicyclic amines) is 1. The minimum atomic E-state index is -0.452. The Hall–Kier alpha value is -2.25. The average molecular weight is 361 g/mol. The van der Waals surface area contributed by atoms with Crippen LogP contribution in [0, 0.1) is 11.2 Å². The van der Waals surface area contributed by atoms with Crippen molar-refractivity contribution in [3.05, 3.63) is 48.3 Å². The maximum absolute atomic E-state index is 13.3. The molecule has 2 rings (SSSR count). The summed E-state index contributed by atoms with van der Waals surface area (Å²) in [6.07, 6.45) is 6.99. The molecule has 1 aromatic rings. The summed E-state index contributed by atoms with van der Waals surface area (Å²) >= 11 is 0. The largest absolute Gasteiger partial charge is 0.311 e. The highest BCUT2D eigenvalue weighted by Gasteiger charge is 2.26. The highest BCUT2D eigenvalue weighted by atomic mass is 19.1. The van der Waals surface area contributed by atoms with Gasteiger partial charge >= 0.3 is 0 Å². The van der Waals surface area contributed by atoms with Crippen molar-refractivity contribution in [3.8, 4) is 0 Å². The van der Waals surface area contributed by atoms with E-state index < -0.39 is 5.82 Å². The van der Waals surface area contributed by atoms with Gasteiger partial charge in [-0.15, -0.1) is 0 Å². The molecule has 7 heteroatoms. The fourth-order valence-corrected chi connectivity index (χ4v) is 3.19. The van der Waals surface area contributed by atoms with Crippen molar-refractivity contribution >= 4 is 11.5 Å². The van der Waals surface area contributed by atoms with E-state index in [0.717, 1.165) is 25.8 Å². The molecular formula is C19H28FN5O. The van der Waals surface area contributed by atoms with E-state index in [4.69, 9.17) is 5.84 Å². The second-order valence-electron chi connectivity index (χ2n) is 7.49. The highest BCUT2D eigenvalue weighted by Crippen LogP contribution is 2.24. The third-order valence-corrected chi connectivity index (χ3v) is 4.31. The summed E-state index contributed by atoms with van der Waals surface area (Å²) in [6, 6.07) is 1.32. The zero-order chi connectivity index (χ0) is 19.2. The molecule has 0 saturated carbocycles. The number of amides is 1. The van der Waals surface area contributed by atoms with Gasteiger partial charge < -0.3 is 15.6 Å². The summed E-state index contributed by atoms with van der Waals surface area (Å²) in [5, 5.41) is 2.76. The molecule has 1 saturated heterocycles. The molecule has 0 bridgehead atoms. The average Bonchev–Trinajstić information content (AvgIpc) is 3.05. The van der Waals surface area contributed by atoms with Crippen molar-refractivity contribution < 1.29 is 9.18 Å². The van der Waals surface area contributed by atoms with E-state index in [2.05, 4.69) is 41.1 Å². The molecule has 0 aliphatic carbocycles. The van der Waals surface area contributed by atoms with Crippen LogP contribution in [0.3, 0.4) is 0 Å². The Morgan fingerprint density at radius 1 is 1.42 bits per heavy atom. The topological polar surface area (TPSA) is 83.3 Å². The van der Waals surface area contributed by atoms with E-state index in [1.165, 1.54) is 25.1 Å². The predicted octanol–water partition coefficient (Wildman–Crippen LogP) is 2.17. The fourth-order valence-electron chi connectivity index (χ4n) is 3.19. The van der Waals surface area contributed by atoms with Crippen molar-refractivity contribution in [2.24, 2.45) is 11.3 Å². The van der Waals surface area contributed by atoms with Gasteiger partial charge in [0, 0.05) is 24.7 Å². The Morgan fingerprint density at radius 3 is 2.73 bits per heavy atom. The zero-order valence-corrected chi connectivity index (χ0v) is 15.5. The second kappa shape index (κ2) is 8.91. The number of nitrogens with two attached hydrogens (primary N) is 1. The van der Waals surface area contributed by atoms with E-state index in [1.807, 2.05) is 0 Å². The smallest absolute Gasteiger partial charge is 0.226 e. The van der Waals surface area contributed by atoms with Crippen molar-refractivity contribution in [2.45, 2.75) is 33.1 Å². The van der Waals surface area contributed by atoms with Crippen LogP contribution in [0.1, 0.15) is 38.7 Å². The lowest BCUT2D eigenvalue weighted by Gasteiger charge is -2.29. The summed E-state index contributed by atoms with van der Waals surface area (Å²) in [4.78, 5) is 18.6. The maximum atomic E-state index is 13.3. The monoisotopic (exact) mass is 361 g/mol. The number of hydrazine groups is 1. The number of nitrogens with zero attached hydrogens (tertiary/aromatic N) is 2. The lowest BCUT2D eigenvalue weighted by atomic mass is 9.88. The first kappa shape index (κ1) is 20.1. The number of rotatable bonds is 8. The second-order valence-corrected chi connectivity index (χ2v) is 7.49. The molecule has 1 amide bonds. The summed E-state index contributed by atoms with van der Waals surface area (Å²) in [7, 11) is 0. The SMILES string of the molecule is C=C(/C=C(\NN)NC(=O)CC(C)(C)CN1CCCC1)c1cncc(F)c1. The zero-order valence-electron chi connectivity index (χ0n) is 15.5. The van der Waals surface area contributed by atoms with Gasteiger partial charge in [-0.3, -0.25) is 9.78 Å². The number of pyridine rings is 1. The van der Waals surface area contributed by atoms with Crippen LogP contribution in [-0.4, -0.2) is 35.4 Å². The number of hydrogen-bond donors (Lipinski definition) is 3. The molecule has 0 spiro atoms. The summed E-state index contributed by atoms with van der Waals surface area (Å²) in [5.41, 5.74) is 3.31. The molecule has 6 nitrogen and oxygen atoms in total. The molecule has 1 aliphatic rings. The first-order valence-electron chi connectivity index (χ1n) is 8.79. The molecule has 4 N–H and O–H groups in total. The Labute approximate surface area is 154 Å². The molecule has 1 aromatic heterocycles. The minimum Gasteiger partial charge on any atom is -0.311 e. The minimum absolute atomic E-state index is 0.136. The van der Waals surface area contributed by atoms with Crippen molar-refractivity contribution in [1.82, 2.24) is 20.6 Å². The molecule has 1 fully saturated rings. The van der Waals surface area contributed by atoms with E-state index in [0.29, 0.717) is 23.4 Å². The van der Waals surface area contributed by atoms with Gasteiger partial charge in [0.2, 0.25) is 5.91 Å². The van der Waals surface area contributed by atoms with E-state index in [-0.39, 0.29) is 11.3 Å². The first-order chi connectivity index (χ1) is 12.3. The van der Waals surface area contributed by atoms with Crippen LogP contribution >= 0.6 is 0 Å². The molecule has 0 aromatic carbocycles. The first-order valence-corrected chi connectivity index (χ1v) is 8.79. The van der Waals surface area contributed by atoms with Crippen LogP contribution in [0.25, 0.3) is 5.57 Å². The Balaban J connectivity index is 1.95. The molecule has 0 unspecified atom stereocenters. The maximum Gasteiger partial charge on any atom is 0.226 e. The third kappa shape index (κ3) is 6.24. The van der Waals surface area contributed by atoms with Gasteiger partial charge in [0.25, 0.3) is 0 Å². The molecule has 1 aliphatic heterocycles. The van der Waals surface area contributed by atoms with Gasteiger partial charge in [-0.2, -0.15) is 0 Å². The van der Waals surface area contributed by atoms with Gasteiger partial charge in [-0.05, 0) is 49.1 Å². The van der Waals surface area contributed by atoms with E-state index >= 15 is 0 Å². The van der Waals surface area contributed by atoms with Gasteiger partial charge in [0.1, 0.15) is 11.6 Å². The summed E-state index contributed by atoms with van der Waals surface area (Å²) < 4.78 is 13.3. The predicted molar refractivity (Wildman–Crippen MR) is 101 cm³/mol. The van der Waals surface area contributed by atoms with E-state index in [1.54, 1.807) is 6.08 Å². The van der Waals surface area contributed by atoms with Gasteiger partial charge in [0.05, 0.1) is 6.20 Å². The van der Waals surface area contributed by atoms with Gasteiger partial charge in [0.15, 0.2) is 0 Å². The summed E-state index contributed by atoms with van der Waals surface area (Å²) in [6.45, 7) is 11.1. The van der Waals surface area contributed by atoms with Gasteiger partial charge in [-0.1, -0.05) is 20.4 Å². The van der Waals surface area contributed by atoms with Crippen LogP contribution < -0.4 is 16.6 Å². The summed E-state index contributed by atoms with van der Waals surface area (Å²) in [5.74, 6) is 5.22. The van der Waals surface area contributed by atoms with Crippen LogP contribution in [0.5, 0.6) is 0 Å². The fraction of sp³-hybridized carbons (Fsp3) is 0.474. The normalized spacial score (nSPS) is 15.8. The Morgan fingerprint density at radius 2 is 2.12 bits per heavy atom. The number of carbonyl (C=O) groups excluding carboxylic acids is 1. The molecule has 0 atom stereocenters. The number of hydrogen-bond acceptors (Lipinski definition) is 5. The highest BCUT2D eigenvalue weighted by molar-refractivity contribution is 5.80. The van der Waals surface area contributed by atoms with Crippen LogP contribution in [0.15, 0.2) is 36.9 Å². The molecule has 0 radical (unpaired) electrons. The number of halogens is 1. The van der Waals surface area contributed by atoms with Crippen molar-refractivity contribution in [2.75, 3.05) is 19.6 Å². The Bertz CT molecular complexity index is 680. The molecule has 142 valence electrons. The van der Waals surface area contributed by atoms with Crippen LogP contribution in [0.4, 0.5) is 4.39 Å². The van der Waals surface area contributed by atoms with Crippen LogP contribution in [-0.2, 0) is 4.79 Å². The van der Waals surface area contributed by atoms with Crippen molar-refractivity contribution in [3.63, 3.8) is 0 Å². The van der Waals surface area contributed by atoms with E-state index in [9.17, 15) is 9.18 Å². The molecule has 2 heterocycles. The molecular weight excluding hydrogens is 333 g/mol. The lowest BCUT2D eigenvalue weighted by molar-refractivity contribution is -0.122. The number of nitrogens with one attached hydrogen (secondary N) is 2. The van der Waals surface area contributed by atoms with Crippen molar-refractivity contribution in [1.29, 1.82) is 0 Å². The number of allylic oxidation sites excluding steroid dienone is 2. The number of carbonyl (C=O) groups is 1.